The molecule has 3 rings (SSSR count). The summed E-state index contributed by atoms with van der Waals surface area (Å²) in [6.07, 6.45) is 5.47. The number of carbonyl (C=O) groups is 1. The average Bonchev–Trinajstić information content (AvgIpc) is 3.17. The smallest absolute Gasteiger partial charge is 0.228 e. The summed E-state index contributed by atoms with van der Waals surface area (Å²) in [6, 6.07) is 0. The van der Waals surface area contributed by atoms with Crippen LogP contribution in [0.1, 0.15) is 31.7 Å². The van der Waals surface area contributed by atoms with Gasteiger partial charge >= 0.3 is 0 Å². The zero-order chi connectivity index (χ0) is 12.0. The molecule has 2 saturated carbocycles. The van der Waals surface area contributed by atoms with E-state index >= 15 is 0 Å². The van der Waals surface area contributed by atoms with Crippen molar-refractivity contribution in [1.29, 1.82) is 0 Å². The van der Waals surface area contributed by atoms with Crippen molar-refractivity contribution < 1.29 is 4.79 Å². The largest absolute Gasteiger partial charge is 0.310 e. The van der Waals surface area contributed by atoms with Crippen LogP contribution in [0.4, 0.5) is 5.82 Å². The summed E-state index contributed by atoms with van der Waals surface area (Å²) in [5, 5.41) is 7.40. The number of aromatic nitrogens is 2. The van der Waals surface area contributed by atoms with E-state index < -0.39 is 0 Å². The van der Waals surface area contributed by atoms with Crippen molar-refractivity contribution in [3.8, 4) is 0 Å². The van der Waals surface area contributed by atoms with Gasteiger partial charge in [0, 0.05) is 18.0 Å². The highest BCUT2D eigenvalue weighted by Crippen LogP contribution is 2.39. The van der Waals surface area contributed by atoms with Crippen LogP contribution in [0.3, 0.4) is 0 Å². The maximum atomic E-state index is 11.9. The highest BCUT2D eigenvalue weighted by molar-refractivity contribution is 5.94. The normalized spacial score (nSPS) is 26.9. The summed E-state index contributed by atoms with van der Waals surface area (Å²) in [7, 11) is 0. The molecule has 1 aromatic rings. The number of amides is 1. The van der Waals surface area contributed by atoms with Crippen molar-refractivity contribution in [2.45, 2.75) is 39.7 Å². The van der Waals surface area contributed by atoms with Gasteiger partial charge in [0.05, 0.1) is 6.20 Å². The van der Waals surface area contributed by atoms with E-state index in [0.29, 0.717) is 5.92 Å². The van der Waals surface area contributed by atoms with E-state index in [2.05, 4.69) is 17.3 Å². The summed E-state index contributed by atoms with van der Waals surface area (Å²) >= 11 is 0. The maximum Gasteiger partial charge on any atom is 0.228 e. The quantitative estimate of drug-likeness (QED) is 0.866. The summed E-state index contributed by atoms with van der Waals surface area (Å²) in [4.78, 5) is 11.9. The number of carbonyl (C=O) groups excluding carboxylic acids is 1. The Balaban J connectivity index is 1.71. The number of hydrogen-bond acceptors (Lipinski definition) is 2. The molecule has 2 atom stereocenters. The number of anilines is 1. The Bertz CT molecular complexity index is 448. The Morgan fingerprint density at radius 3 is 2.88 bits per heavy atom. The molecule has 1 amide bonds. The third kappa shape index (κ3) is 2.21. The average molecular weight is 233 g/mol. The van der Waals surface area contributed by atoms with Gasteiger partial charge in [0.2, 0.25) is 5.91 Å². The fourth-order valence-electron chi connectivity index (χ4n) is 2.22. The van der Waals surface area contributed by atoms with Gasteiger partial charge in [0.1, 0.15) is 5.82 Å². The second-order valence-electron chi connectivity index (χ2n) is 5.61. The zero-order valence-electron chi connectivity index (χ0n) is 10.4. The van der Waals surface area contributed by atoms with Crippen molar-refractivity contribution in [2.75, 3.05) is 5.32 Å². The molecule has 92 valence electrons. The van der Waals surface area contributed by atoms with Gasteiger partial charge in [-0.1, -0.05) is 6.92 Å². The Hall–Kier alpha value is -1.32. The van der Waals surface area contributed by atoms with Crippen LogP contribution in [0.2, 0.25) is 0 Å². The van der Waals surface area contributed by atoms with E-state index in [9.17, 15) is 4.79 Å². The Morgan fingerprint density at radius 1 is 1.59 bits per heavy atom. The predicted octanol–water partition coefficient (Wildman–Crippen LogP) is 2.20. The van der Waals surface area contributed by atoms with Gasteiger partial charge in [0.25, 0.3) is 0 Å². The molecule has 2 aliphatic carbocycles. The molecule has 2 fully saturated rings. The highest BCUT2D eigenvalue weighted by atomic mass is 16.2. The van der Waals surface area contributed by atoms with Crippen molar-refractivity contribution in [3.63, 3.8) is 0 Å². The van der Waals surface area contributed by atoms with Gasteiger partial charge < -0.3 is 5.32 Å². The molecule has 17 heavy (non-hydrogen) atoms. The van der Waals surface area contributed by atoms with Crippen LogP contribution in [-0.4, -0.2) is 15.7 Å². The fourth-order valence-corrected chi connectivity index (χ4v) is 2.22. The van der Waals surface area contributed by atoms with Gasteiger partial charge in [-0.2, -0.15) is 5.10 Å². The number of nitrogens with zero attached hydrogens (tertiary/aromatic N) is 2. The molecule has 1 aromatic heterocycles. The highest BCUT2D eigenvalue weighted by Gasteiger charge is 2.39. The number of aryl methyl sites for hydroxylation is 1. The van der Waals surface area contributed by atoms with Crippen LogP contribution < -0.4 is 5.32 Å². The van der Waals surface area contributed by atoms with Crippen molar-refractivity contribution in [2.24, 2.45) is 17.8 Å². The van der Waals surface area contributed by atoms with E-state index in [1.807, 2.05) is 17.8 Å². The number of nitrogens with one attached hydrogen (secondary N) is 1. The van der Waals surface area contributed by atoms with Crippen LogP contribution >= 0.6 is 0 Å². The molecule has 0 aliphatic heterocycles. The SMILES string of the molecule is Cc1cnn(CC2CC2)c1NC(=O)[C@@H]1C[C@H]1C. The van der Waals surface area contributed by atoms with E-state index in [4.69, 9.17) is 0 Å². The van der Waals surface area contributed by atoms with Crippen LogP contribution in [0.5, 0.6) is 0 Å². The first-order valence-electron chi connectivity index (χ1n) is 6.48. The lowest BCUT2D eigenvalue weighted by atomic mass is 10.3. The van der Waals surface area contributed by atoms with Crippen molar-refractivity contribution in [3.05, 3.63) is 11.8 Å². The second-order valence-corrected chi connectivity index (χ2v) is 5.61. The third-order valence-electron chi connectivity index (χ3n) is 3.84. The lowest BCUT2D eigenvalue weighted by Crippen LogP contribution is -2.18. The molecule has 4 heteroatoms. The molecule has 4 nitrogen and oxygen atoms in total. The molecule has 0 unspecified atom stereocenters. The molecule has 0 radical (unpaired) electrons. The van der Waals surface area contributed by atoms with E-state index in [-0.39, 0.29) is 11.8 Å². The summed E-state index contributed by atoms with van der Waals surface area (Å²) in [5.41, 5.74) is 1.06. The first-order valence-corrected chi connectivity index (χ1v) is 6.48. The molecular weight excluding hydrogens is 214 g/mol. The second kappa shape index (κ2) is 3.86. The summed E-state index contributed by atoms with van der Waals surface area (Å²) in [6.45, 7) is 5.07. The van der Waals surface area contributed by atoms with E-state index in [1.54, 1.807) is 0 Å². The van der Waals surface area contributed by atoms with Gasteiger partial charge in [-0.3, -0.25) is 4.79 Å². The predicted molar refractivity (Wildman–Crippen MR) is 65.6 cm³/mol. The van der Waals surface area contributed by atoms with Crippen LogP contribution in [0.15, 0.2) is 6.20 Å². The van der Waals surface area contributed by atoms with Gasteiger partial charge in [0.15, 0.2) is 0 Å². The Kier molecular flexibility index (Phi) is 2.45. The molecule has 2 aliphatic rings. The monoisotopic (exact) mass is 233 g/mol. The topological polar surface area (TPSA) is 46.9 Å². The van der Waals surface area contributed by atoms with Crippen LogP contribution in [0, 0.1) is 24.7 Å². The summed E-state index contributed by atoms with van der Waals surface area (Å²) in [5.74, 6) is 2.61. The molecule has 0 spiro atoms. The lowest BCUT2D eigenvalue weighted by molar-refractivity contribution is -0.117. The Morgan fingerprint density at radius 2 is 2.29 bits per heavy atom. The van der Waals surface area contributed by atoms with Crippen molar-refractivity contribution >= 4 is 11.7 Å². The van der Waals surface area contributed by atoms with Crippen LogP contribution in [-0.2, 0) is 11.3 Å². The lowest BCUT2D eigenvalue weighted by Gasteiger charge is -2.09. The number of hydrogen-bond donors (Lipinski definition) is 1. The third-order valence-corrected chi connectivity index (χ3v) is 3.84. The van der Waals surface area contributed by atoms with Gasteiger partial charge in [-0.25, -0.2) is 4.68 Å². The zero-order valence-corrected chi connectivity index (χ0v) is 10.4. The minimum Gasteiger partial charge on any atom is -0.310 e. The van der Waals surface area contributed by atoms with Gasteiger partial charge in [-0.15, -0.1) is 0 Å². The molecule has 1 N–H and O–H groups in total. The molecule has 0 aromatic carbocycles. The Labute approximate surface area is 101 Å². The summed E-state index contributed by atoms with van der Waals surface area (Å²) < 4.78 is 1.96. The fraction of sp³-hybridized carbons (Fsp3) is 0.692. The molecule has 0 bridgehead atoms. The van der Waals surface area contributed by atoms with Gasteiger partial charge in [-0.05, 0) is 38.0 Å². The molecular formula is C13H19N3O. The van der Waals surface area contributed by atoms with E-state index in [1.165, 1.54) is 12.8 Å². The number of rotatable bonds is 4. The van der Waals surface area contributed by atoms with Crippen LogP contribution in [0.25, 0.3) is 0 Å². The standard InChI is InChI=1S/C13H19N3O/c1-8-5-11(8)13(17)15-12-9(2)6-14-16(12)7-10-3-4-10/h6,8,10-11H,3-5,7H2,1-2H3,(H,15,17)/t8-,11-/m1/s1. The molecule has 0 saturated heterocycles. The van der Waals surface area contributed by atoms with Crippen molar-refractivity contribution in [1.82, 2.24) is 9.78 Å². The maximum absolute atomic E-state index is 11.9. The minimum atomic E-state index is 0.165. The first-order chi connectivity index (χ1) is 8.15. The minimum absolute atomic E-state index is 0.165. The molecule has 1 heterocycles. The van der Waals surface area contributed by atoms with E-state index in [0.717, 1.165) is 30.3 Å². The first kappa shape index (κ1) is 10.8.